The molecular weight excluding hydrogens is 329 g/mol. The number of halogens is 1. The molecular formula is C13H18INO2. The Morgan fingerprint density at radius 1 is 1.47 bits per heavy atom. The van der Waals surface area contributed by atoms with Gasteiger partial charge in [-0.3, -0.25) is 4.79 Å². The Kier molecular flexibility index (Phi) is 4.80. The molecule has 0 aromatic heterocycles. The Balaban J connectivity index is 2.80. The molecule has 1 aromatic rings. The predicted molar refractivity (Wildman–Crippen MR) is 77.3 cm³/mol. The second kappa shape index (κ2) is 5.71. The molecule has 94 valence electrons. The number of aromatic hydroxyl groups is 1. The van der Waals surface area contributed by atoms with E-state index in [9.17, 15) is 9.90 Å². The fourth-order valence-corrected chi connectivity index (χ4v) is 2.06. The molecule has 1 amide bonds. The van der Waals surface area contributed by atoms with Crippen LogP contribution in [0.15, 0.2) is 18.2 Å². The number of hydrogen-bond acceptors (Lipinski definition) is 2. The smallest absolute Gasteiger partial charge is 0.251 e. The van der Waals surface area contributed by atoms with Crippen molar-refractivity contribution in [1.29, 1.82) is 0 Å². The van der Waals surface area contributed by atoms with Crippen molar-refractivity contribution < 1.29 is 9.90 Å². The summed E-state index contributed by atoms with van der Waals surface area (Å²) in [6.45, 7) is 6.09. The molecule has 2 N–H and O–H groups in total. The van der Waals surface area contributed by atoms with E-state index >= 15 is 0 Å². The van der Waals surface area contributed by atoms with Crippen LogP contribution in [0.5, 0.6) is 5.75 Å². The van der Waals surface area contributed by atoms with Gasteiger partial charge in [0.05, 0.1) is 3.57 Å². The summed E-state index contributed by atoms with van der Waals surface area (Å²) in [6.07, 6.45) is 1.94. The summed E-state index contributed by atoms with van der Waals surface area (Å²) in [4.78, 5) is 12.0. The highest BCUT2D eigenvalue weighted by atomic mass is 127. The number of nitrogens with one attached hydrogen (secondary N) is 1. The third-order valence-electron chi connectivity index (χ3n) is 2.54. The fraction of sp³-hybridized carbons (Fsp3) is 0.462. The highest BCUT2D eigenvalue weighted by molar-refractivity contribution is 14.1. The lowest BCUT2D eigenvalue weighted by Gasteiger charge is -2.25. The quantitative estimate of drug-likeness (QED) is 0.821. The van der Waals surface area contributed by atoms with Crippen LogP contribution in [0, 0.1) is 3.57 Å². The van der Waals surface area contributed by atoms with Crippen molar-refractivity contribution in [2.45, 2.75) is 39.2 Å². The van der Waals surface area contributed by atoms with Gasteiger partial charge >= 0.3 is 0 Å². The van der Waals surface area contributed by atoms with Crippen LogP contribution in [0.3, 0.4) is 0 Å². The van der Waals surface area contributed by atoms with E-state index in [0.29, 0.717) is 5.56 Å². The van der Waals surface area contributed by atoms with Gasteiger partial charge in [-0.2, -0.15) is 0 Å². The van der Waals surface area contributed by atoms with Crippen molar-refractivity contribution in [2.75, 3.05) is 0 Å². The molecule has 0 spiro atoms. The van der Waals surface area contributed by atoms with E-state index in [4.69, 9.17) is 0 Å². The molecule has 0 unspecified atom stereocenters. The molecule has 0 saturated heterocycles. The predicted octanol–water partition coefficient (Wildman–Crippen LogP) is 3.31. The Labute approximate surface area is 116 Å². The van der Waals surface area contributed by atoms with E-state index in [0.717, 1.165) is 16.4 Å². The maximum Gasteiger partial charge on any atom is 0.251 e. The average Bonchev–Trinajstić information content (AvgIpc) is 2.21. The molecule has 0 aliphatic heterocycles. The molecule has 1 aromatic carbocycles. The molecule has 3 nitrogen and oxygen atoms in total. The Morgan fingerprint density at radius 2 is 2.12 bits per heavy atom. The third-order valence-corrected chi connectivity index (χ3v) is 3.45. The largest absolute Gasteiger partial charge is 0.507 e. The highest BCUT2D eigenvalue weighted by Crippen LogP contribution is 2.21. The zero-order chi connectivity index (χ0) is 13.1. The molecule has 0 aliphatic carbocycles. The average molecular weight is 347 g/mol. The number of carbonyl (C=O) groups excluding carboxylic acids is 1. The summed E-state index contributed by atoms with van der Waals surface area (Å²) in [6, 6.07) is 4.95. The molecule has 0 radical (unpaired) electrons. The Morgan fingerprint density at radius 3 is 2.65 bits per heavy atom. The van der Waals surface area contributed by atoms with Crippen LogP contribution in [0.4, 0.5) is 0 Å². The lowest BCUT2D eigenvalue weighted by atomic mass is 9.98. The van der Waals surface area contributed by atoms with Crippen molar-refractivity contribution in [3.8, 4) is 5.75 Å². The van der Waals surface area contributed by atoms with Crippen LogP contribution >= 0.6 is 22.6 Å². The van der Waals surface area contributed by atoms with E-state index in [1.54, 1.807) is 12.1 Å². The number of amides is 1. The number of hydrogen-bond donors (Lipinski definition) is 2. The van der Waals surface area contributed by atoms with Gasteiger partial charge in [-0.25, -0.2) is 0 Å². The number of rotatable bonds is 4. The summed E-state index contributed by atoms with van der Waals surface area (Å²) in [7, 11) is 0. The van der Waals surface area contributed by atoms with Gasteiger partial charge in [0.1, 0.15) is 5.75 Å². The van der Waals surface area contributed by atoms with Gasteiger partial charge in [-0.05, 0) is 61.1 Å². The van der Waals surface area contributed by atoms with E-state index < -0.39 is 0 Å². The number of benzene rings is 1. The maximum absolute atomic E-state index is 12.0. The fourth-order valence-electron chi connectivity index (χ4n) is 1.72. The zero-order valence-electron chi connectivity index (χ0n) is 10.4. The van der Waals surface area contributed by atoms with Crippen LogP contribution in [-0.4, -0.2) is 16.6 Å². The van der Waals surface area contributed by atoms with Gasteiger partial charge in [-0.15, -0.1) is 0 Å². The van der Waals surface area contributed by atoms with Gasteiger partial charge < -0.3 is 10.4 Å². The van der Waals surface area contributed by atoms with Crippen molar-refractivity contribution in [3.63, 3.8) is 0 Å². The molecule has 0 aliphatic rings. The lowest BCUT2D eigenvalue weighted by molar-refractivity contribution is 0.0908. The molecule has 0 heterocycles. The summed E-state index contributed by atoms with van der Waals surface area (Å²) in [5, 5.41) is 12.5. The van der Waals surface area contributed by atoms with Crippen LogP contribution in [0.25, 0.3) is 0 Å². The Hall–Kier alpha value is -0.780. The van der Waals surface area contributed by atoms with E-state index in [1.807, 2.05) is 36.4 Å². The van der Waals surface area contributed by atoms with Gasteiger partial charge in [0.15, 0.2) is 0 Å². The molecule has 1 rings (SSSR count). The van der Waals surface area contributed by atoms with Crippen LogP contribution < -0.4 is 5.32 Å². The molecule has 0 bridgehead atoms. The minimum atomic E-state index is -0.218. The second-order valence-corrected chi connectivity index (χ2v) is 5.92. The minimum absolute atomic E-state index is 0.143. The van der Waals surface area contributed by atoms with Gasteiger partial charge in [0.2, 0.25) is 0 Å². The van der Waals surface area contributed by atoms with Crippen LogP contribution in [-0.2, 0) is 0 Å². The normalized spacial score (nSPS) is 11.3. The maximum atomic E-state index is 12.0. The monoisotopic (exact) mass is 347 g/mol. The summed E-state index contributed by atoms with van der Waals surface area (Å²) in [5.41, 5.74) is 0.275. The molecule has 0 saturated carbocycles. The van der Waals surface area contributed by atoms with Gasteiger partial charge in [0, 0.05) is 11.1 Å². The third kappa shape index (κ3) is 4.18. The molecule has 0 atom stereocenters. The summed E-state index contributed by atoms with van der Waals surface area (Å²) < 4.78 is 0.743. The van der Waals surface area contributed by atoms with Crippen molar-refractivity contribution in [3.05, 3.63) is 27.3 Å². The van der Waals surface area contributed by atoms with Crippen molar-refractivity contribution in [2.24, 2.45) is 0 Å². The van der Waals surface area contributed by atoms with Crippen LogP contribution in [0.2, 0.25) is 0 Å². The first-order chi connectivity index (χ1) is 7.85. The first-order valence-corrected chi connectivity index (χ1v) is 6.74. The first kappa shape index (κ1) is 14.3. The Bertz CT molecular complexity index is 416. The minimum Gasteiger partial charge on any atom is -0.507 e. The van der Waals surface area contributed by atoms with Gasteiger partial charge in [0.25, 0.3) is 5.91 Å². The summed E-state index contributed by atoms with van der Waals surface area (Å²) in [5.74, 6) is 0.00157. The highest BCUT2D eigenvalue weighted by Gasteiger charge is 2.20. The molecule has 17 heavy (non-hydrogen) atoms. The number of phenols is 1. The van der Waals surface area contributed by atoms with E-state index in [-0.39, 0.29) is 17.2 Å². The molecule has 4 heteroatoms. The van der Waals surface area contributed by atoms with E-state index in [1.165, 1.54) is 6.07 Å². The van der Waals surface area contributed by atoms with Crippen molar-refractivity contribution in [1.82, 2.24) is 5.32 Å². The number of phenolic OH excluding ortho intramolecular Hbond substituents is 1. The van der Waals surface area contributed by atoms with Crippen LogP contribution in [0.1, 0.15) is 44.0 Å². The zero-order valence-corrected chi connectivity index (χ0v) is 12.5. The topological polar surface area (TPSA) is 49.3 Å². The summed E-state index contributed by atoms with van der Waals surface area (Å²) >= 11 is 2.02. The molecule has 0 fully saturated rings. The number of carbonyl (C=O) groups is 1. The first-order valence-electron chi connectivity index (χ1n) is 5.67. The standard InChI is InChI=1S/C13H18INO2/c1-4-7-13(2,3)15-12(17)9-5-6-10(14)11(16)8-9/h5-6,8,16H,4,7H2,1-3H3,(H,15,17). The lowest BCUT2D eigenvalue weighted by Crippen LogP contribution is -2.43. The van der Waals surface area contributed by atoms with Gasteiger partial charge in [-0.1, -0.05) is 13.3 Å². The van der Waals surface area contributed by atoms with E-state index in [2.05, 4.69) is 12.2 Å². The SMILES string of the molecule is CCCC(C)(C)NC(=O)c1ccc(I)c(O)c1. The second-order valence-electron chi connectivity index (χ2n) is 4.75. The van der Waals surface area contributed by atoms with Crippen molar-refractivity contribution >= 4 is 28.5 Å².